The van der Waals surface area contributed by atoms with Gasteiger partial charge < -0.3 is 24.9 Å². The highest BCUT2D eigenvalue weighted by atomic mass is 79.9. The lowest BCUT2D eigenvalue weighted by Gasteiger charge is -2.07. The molecular formula is C71H49Br2N19. The van der Waals surface area contributed by atoms with Gasteiger partial charge in [-0.25, -0.2) is 44.9 Å². The van der Waals surface area contributed by atoms with Crippen LogP contribution in [0.25, 0.3) is 143 Å². The third kappa shape index (κ3) is 12.3. The maximum absolute atomic E-state index is 4.82. The Morgan fingerprint density at radius 1 is 0.293 bits per heavy atom. The van der Waals surface area contributed by atoms with Gasteiger partial charge in [0, 0.05) is 118 Å². The Morgan fingerprint density at radius 3 is 0.924 bits per heavy atom. The first-order chi connectivity index (χ1) is 44.8. The number of H-pyrrole nitrogens is 5. The summed E-state index contributed by atoms with van der Waals surface area (Å²) in [5, 5.41) is 0. The first-order valence-corrected chi connectivity index (χ1v) is 30.1. The Labute approximate surface area is 541 Å². The lowest BCUT2D eigenvalue weighted by Crippen LogP contribution is -1.92. The minimum Gasteiger partial charge on any atom is -0.349 e. The monoisotopic (exact) mass is 1330 g/mol. The maximum Gasteiger partial charge on any atom is 0.155 e. The van der Waals surface area contributed by atoms with E-state index in [-0.39, 0.29) is 7.43 Å². The number of nitrogens with one attached hydrogen (secondary N) is 5. The van der Waals surface area contributed by atoms with Gasteiger partial charge in [0.05, 0.1) is 33.1 Å². The summed E-state index contributed by atoms with van der Waals surface area (Å²) in [6.07, 6.45) is 37.2. The second-order valence-corrected chi connectivity index (χ2v) is 22.3. The maximum atomic E-state index is 4.82. The predicted octanol–water partition coefficient (Wildman–Crippen LogP) is 16.1. The van der Waals surface area contributed by atoms with Crippen molar-refractivity contribution in [3.05, 3.63) is 263 Å². The lowest BCUT2D eigenvalue weighted by atomic mass is 10.0. The number of aromatic amines is 5. The molecule has 442 valence electrons. The van der Waals surface area contributed by atoms with E-state index < -0.39 is 0 Å². The van der Waals surface area contributed by atoms with Gasteiger partial charge in [-0.2, -0.15) is 0 Å². The van der Waals surface area contributed by atoms with E-state index in [1.165, 1.54) is 0 Å². The van der Waals surface area contributed by atoms with Crippen LogP contribution >= 0.6 is 31.9 Å². The van der Waals surface area contributed by atoms with Crippen molar-refractivity contribution in [1.29, 1.82) is 0 Å². The number of aromatic nitrogens is 18. The second-order valence-electron chi connectivity index (χ2n) is 20.7. The zero-order valence-electron chi connectivity index (χ0n) is 47.6. The molecule has 12 aromatic rings. The molecular weight excluding hydrogens is 1280 g/mol. The zero-order valence-corrected chi connectivity index (χ0v) is 50.8. The summed E-state index contributed by atoms with van der Waals surface area (Å²) in [6.45, 7) is 0. The Hall–Kier alpha value is -11.9. The van der Waals surface area contributed by atoms with Crippen LogP contribution < -0.4 is 0 Å². The average Bonchev–Trinajstić information content (AvgIpc) is 1.75. The van der Waals surface area contributed by atoms with Gasteiger partial charge >= 0.3 is 0 Å². The average molecular weight is 1330 g/mol. The number of fused-ring (bicyclic) bond motifs is 16. The largest absolute Gasteiger partial charge is 0.349 e. The molecule has 0 saturated heterocycles. The van der Waals surface area contributed by atoms with Crippen molar-refractivity contribution in [3.63, 3.8) is 0 Å². The Morgan fingerprint density at radius 2 is 0.620 bits per heavy atom. The molecule has 0 aliphatic carbocycles. The number of nitrogens with zero attached hydrogens (tertiary/aromatic N) is 14. The number of hydrogen-bond donors (Lipinski definition) is 5. The van der Waals surface area contributed by atoms with E-state index in [9.17, 15) is 0 Å². The van der Waals surface area contributed by atoms with Crippen LogP contribution in [0, 0.1) is 0 Å². The van der Waals surface area contributed by atoms with Gasteiger partial charge in [-0.15, -0.1) is 0 Å². The van der Waals surface area contributed by atoms with E-state index in [0.717, 1.165) is 121 Å². The highest BCUT2D eigenvalue weighted by molar-refractivity contribution is 9.18. The van der Waals surface area contributed by atoms with Crippen LogP contribution in [-0.4, -0.2) is 94.3 Å². The first-order valence-electron chi connectivity index (χ1n) is 28.6. The van der Waals surface area contributed by atoms with E-state index in [0.29, 0.717) is 45.9 Å². The smallest absolute Gasteiger partial charge is 0.155 e. The van der Waals surface area contributed by atoms with Crippen LogP contribution in [0.15, 0.2) is 211 Å². The number of aliphatic imine (C=N–C) groups is 1. The molecule has 92 heavy (non-hydrogen) atoms. The molecule has 12 aromatic heterocycles. The minimum absolute atomic E-state index is 0. The third-order valence-electron chi connectivity index (χ3n) is 14.9. The van der Waals surface area contributed by atoms with Crippen molar-refractivity contribution in [1.82, 2.24) is 89.7 Å². The third-order valence-corrected chi connectivity index (χ3v) is 15.8. The summed E-state index contributed by atoms with van der Waals surface area (Å²) in [6, 6.07) is 39.6. The van der Waals surface area contributed by atoms with Crippen LogP contribution in [0.3, 0.4) is 0 Å². The van der Waals surface area contributed by atoms with E-state index in [1.54, 1.807) is 62.0 Å². The molecule has 0 spiro atoms. The summed E-state index contributed by atoms with van der Waals surface area (Å²) in [4.78, 5) is 80.6. The fourth-order valence-corrected chi connectivity index (χ4v) is 11.5. The summed E-state index contributed by atoms with van der Waals surface area (Å²) in [7, 11) is 0. The first kappa shape index (κ1) is 57.8. The van der Waals surface area contributed by atoms with Gasteiger partial charge in [-0.05, 0) is 242 Å². The molecule has 0 fully saturated rings. The summed E-state index contributed by atoms with van der Waals surface area (Å²) in [5.41, 5.74) is 21.5. The van der Waals surface area contributed by atoms with Crippen LogP contribution in [0.2, 0.25) is 0 Å². The number of hydrogen-bond acceptors (Lipinski definition) is 14. The molecule has 0 saturated carbocycles. The SMILES string of the molecule is BrC1=N/C(=C(/c2ccncc2)c2ccc(Br)[nH]2)C=C1.C.C1=Cc2nc1nc1ccc([nH]1)c(-c1ccncc1)c1ccc(nc3nc(c2-c2ccncc2)C=C3)[nH]1.C1=Cc2nc1nc1ccc([nH]1)c(-c1ccncc1)c1ccc(nc3nc(c2-c2ccncc2)C=C3)[nH]1. The van der Waals surface area contributed by atoms with Gasteiger partial charge in [0.2, 0.25) is 0 Å². The van der Waals surface area contributed by atoms with Gasteiger partial charge in [-0.1, -0.05) is 7.43 Å². The van der Waals surface area contributed by atoms with Crippen molar-refractivity contribution in [3.8, 4) is 44.5 Å². The summed E-state index contributed by atoms with van der Waals surface area (Å²) in [5.74, 6) is 2.45. The molecule has 0 radical (unpaired) electrons. The number of allylic oxidation sites excluding steroid dienone is 2. The molecule has 0 aromatic carbocycles. The Kier molecular flexibility index (Phi) is 16.1. The minimum atomic E-state index is 0. The molecule has 16 bridgehead atoms. The van der Waals surface area contributed by atoms with Gasteiger partial charge in [0.15, 0.2) is 23.3 Å². The highest BCUT2D eigenvalue weighted by Gasteiger charge is 2.19. The molecule has 17 heterocycles. The molecule has 17 rings (SSSR count). The molecule has 5 aliphatic rings. The standard InChI is InChI=1S/2C28H18N8.C14H9Br2N3.CH4/c2*1-5-23-31-19(1)27(17-9-13-29-14-10-17)20-2-6-25(32-20)36-26-8-4-22(34-26)28(18-11-15-30-16-12-18)21-3-7-24(33-21)35-23;15-12-3-1-10(18-12)14(9-5-7-17-8-6-9)11-2-4-13(16)19-11;/h2*1-16H,(H,31,33,35)(H,32,34,36);1-8,18H;1H4/b;;14-11-;. The predicted molar refractivity (Wildman–Crippen MR) is 373 cm³/mol. The molecule has 0 amide bonds. The summed E-state index contributed by atoms with van der Waals surface area (Å²) >= 11 is 6.83. The van der Waals surface area contributed by atoms with E-state index >= 15 is 0 Å². The second kappa shape index (κ2) is 25.6. The normalized spacial score (nSPS) is 13.0. The van der Waals surface area contributed by atoms with Gasteiger partial charge in [0.1, 0.15) is 27.2 Å². The molecule has 5 aliphatic heterocycles. The number of pyridine rings is 5. The van der Waals surface area contributed by atoms with Crippen LogP contribution in [0.5, 0.6) is 0 Å². The highest BCUT2D eigenvalue weighted by Crippen LogP contribution is 2.35. The van der Waals surface area contributed by atoms with E-state index in [1.807, 2.05) is 182 Å². The Bertz CT molecular complexity index is 4910. The Balaban J connectivity index is 0.000000125. The lowest BCUT2D eigenvalue weighted by molar-refractivity contribution is 1.17. The van der Waals surface area contributed by atoms with E-state index in [4.69, 9.17) is 39.9 Å². The summed E-state index contributed by atoms with van der Waals surface area (Å²) < 4.78 is 1.78. The van der Waals surface area contributed by atoms with Crippen molar-refractivity contribution >= 4 is 135 Å². The van der Waals surface area contributed by atoms with Crippen LogP contribution in [-0.2, 0) is 0 Å². The van der Waals surface area contributed by atoms with Crippen molar-refractivity contribution in [2.75, 3.05) is 0 Å². The number of rotatable bonds is 6. The van der Waals surface area contributed by atoms with E-state index in [2.05, 4.69) is 86.7 Å². The van der Waals surface area contributed by atoms with Crippen molar-refractivity contribution in [2.45, 2.75) is 7.43 Å². The molecule has 0 unspecified atom stereocenters. The van der Waals surface area contributed by atoms with Gasteiger partial charge in [0.25, 0.3) is 0 Å². The zero-order chi connectivity index (χ0) is 61.0. The van der Waals surface area contributed by atoms with Crippen molar-refractivity contribution < 1.29 is 0 Å². The molecule has 5 N–H and O–H groups in total. The fraction of sp³-hybridized carbons (Fsp3) is 0.0141. The fourth-order valence-electron chi connectivity index (χ4n) is 10.9. The van der Waals surface area contributed by atoms with Crippen LogP contribution in [0.1, 0.15) is 64.8 Å². The van der Waals surface area contributed by atoms with Crippen molar-refractivity contribution in [2.24, 2.45) is 4.99 Å². The molecule has 19 nitrogen and oxygen atoms in total. The topological polar surface area (TPSA) is 259 Å². The molecule has 0 atom stereocenters. The van der Waals surface area contributed by atoms with Crippen LogP contribution in [0.4, 0.5) is 0 Å². The molecule has 21 heteroatoms. The number of halogens is 2. The quantitative estimate of drug-likeness (QED) is 0.104. The van der Waals surface area contributed by atoms with Gasteiger partial charge in [-0.3, -0.25) is 24.9 Å².